The number of fused-ring (bicyclic) bond motifs is 1. The maximum Gasteiger partial charge on any atom is 0.243 e. The fourth-order valence-corrected chi connectivity index (χ4v) is 5.05. The number of nitrogen functional groups attached to an aromatic ring is 1. The van der Waals surface area contributed by atoms with Crippen molar-refractivity contribution in [2.75, 3.05) is 5.73 Å². The number of amides is 1. The van der Waals surface area contributed by atoms with E-state index in [9.17, 15) is 4.79 Å². The molecule has 190 valence electrons. The average molecular weight is 506 g/mol. The predicted octanol–water partition coefficient (Wildman–Crippen LogP) is 4.88. The van der Waals surface area contributed by atoms with Crippen molar-refractivity contribution in [3.63, 3.8) is 0 Å². The third kappa shape index (κ3) is 4.17. The van der Waals surface area contributed by atoms with E-state index in [1.807, 2.05) is 83.3 Å². The topological polar surface area (TPSA) is 113 Å². The molecule has 2 aromatic carbocycles. The van der Waals surface area contributed by atoms with Crippen LogP contribution >= 0.6 is 0 Å². The maximum absolute atomic E-state index is 11.6. The van der Waals surface area contributed by atoms with Crippen molar-refractivity contribution in [1.29, 1.82) is 0 Å². The zero-order valence-electron chi connectivity index (χ0n) is 20.9. The summed E-state index contributed by atoms with van der Waals surface area (Å²) in [6.45, 7) is 3.52. The summed E-state index contributed by atoms with van der Waals surface area (Å²) >= 11 is 0. The number of aryl methyl sites for hydroxylation is 1. The van der Waals surface area contributed by atoms with Crippen molar-refractivity contribution in [3.05, 3.63) is 86.0 Å². The second-order valence-electron chi connectivity index (χ2n) is 9.42. The van der Waals surface area contributed by atoms with Crippen LogP contribution in [0.25, 0.3) is 33.4 Å². The van der Waals surface area contributed by atoms with E-state index in [4.69, 9.17) is 10.5 Å². The summed E-state index contributed by atoms with van der Waals surface area (Å²) in [6.07, 6.45) is 8.34. The Bertz CT molecular complexity index is 1630. The zero-order valence-corrected chi connectivity index (χ0v) is 20.9. The number of nitrogens with zero attached hydrogens (tertiary/aromatic N) is 5. The van der Waals surface area contributed by atoms with Crippen molar-refractivity contribution in [1.82, 2.24) is 29.6 Å². The first-order valence-electron chi connectivity index (χ1n) is 12.4. The van der Waals surface area contributed by atoms with Crippen LogP contribution in [0.1, 0.15) is 18.9 Å². The molecule has 0 spiro atoms. The van der Waals surface area contributed by atoms with Gasteiger partial charge in [-0.15, -0.1) is 0 Å². The van der Waals surface area contributed by atoms with Crippen molar-refractivity contribution >= 4 is 22.8 Å². The molecule has 6 rings (SSSR count). The number of hydrogen-bond donors (Lipinski definition) is 2. The molecule has 0 bridgehead atoms. The molecule has 1 aliphatic carbocycles. The summed E-state index contributed by atoms with van der Waals surface area (Å²) in [6, 6.07) is 18.0. The largest absolute Gasteiger partial charge is 0.457 e. The van der Waals surface area contributed by atoms with Crippen molar-refractivity contribution in [2.24, 2.45) is 7.05 Å². The Hall–Kier alpha value is -4.92. The van der Waals surface area contributed by atoms with Crippen LogP contribution in [0.3, 0.4) is 0 Å². The van der Waals surface area contributed by atoms with E-state index >= 15 is 0 Å². The number of anilines is 1. The molecular formula is C29H27N7O2. The number of ether oxygens (including phenoxy) is 1. The van der Waals surface area contributed by atoms with Crippen LogP contribution in [-0.4, -0.2) is 36.3 Å². The number of benzene rings is 2. The van der Waals surface area contributed by atoms with Gasteiger partial charge in [0.15, 0.2) is 0 Å². The molecule has 3 N–H and O–H groups in total. The van der Waals surface area contributed by atoms with E-state index in [1.54, 1.807) is 0 Å². The van der Waals surface area contributed by atoms with Gasteiger partial charge in [-0.2, -0.15) is 5.10 Å². The van der Waals surface area contributed by atoms with Crippen LogP contribution in [0.5, 0.6) is 11.5 Å². The summed E-state index contributed by atoms with van der Waals surface area (Å²) in [7, 11) is 1.97. The van der Waals surface area contributed by atoms with E-state index in [-0.39, 0.29) is 18.0 Å². The highest BCUT2D eigenvalue weighted by Gasteiger charge is 2.32. The van der Waals surface area contributed by atoms with Crippen LogP contribution in [0.2, 0.25) is 0 Å². The van der Waals surface area contributed by atoms with Gasteiger partial charge < -0.3 is 20.4 Å². The van der Waals surface area contributed by atoms with Crippen molar-refractivity contribution < 1.29 is 9.53 Å². The molecule has 0 aliphatic heterocycles. The van der Waals surface area contributed by atoms with Gasteiger partial charge in [-0.05, 0) is 48.7 Å². The number of para-hydroxylation sites is 1. The third-order valence-electron chi connectivity index (χ3n) is 7.01. The number of nitrogens with two attached hydrogens (primary N) is 1. The molecule has 38 heavy (non-hydrogen) atoms. The lowest BCUT2D eigenvalue weighted by molar-refractivity contribution is -0.117. The second kappa shape index (κ2) is 9.51. The summed E-state index contributed by atoms with van der Waals surface area (Å²) < 4.78 is 9.99. The smallest absolute Gasteiger partial charge is 0.243 e. The zero-order chi connectivity index (χ0) is 26.2. The highest BCUT2D eigenvalue weighted by molar-refractivity contribution is 6.07. The summed E-state index contributed by atoms with van der Waals surface area (Å²) in [4.78, 5) is 20.4. The fraction of sp³-hybridized carbons (Fsp3) is 0.172. The van der Waals surface area contributed by atoms with Gasteiger partial charge in [-0.25, -0.2) is 9.97 Å². The third-order valence-corrected chi connectivity index (χ3v) is 7.01. The van der Waals surface area contributed by atoms with Crippen LogP contribution in [0, 0.1) is 0 Å². The van der Waals surface area contributed by atoms with Gasteiger partial charge >= 0.3 is 0 Å². The molecule has 9 heteroatoms. The quantitative estimate of drug-likeness (QED) is 0.305. The molecule has 5 aromatic rings. The highest BCUT2D eigenvalue weighted by atomic mass is 16.5. The standard InChI is InChI=1S/C29H27N7O2/c1-3-24(37)34-20-13-21(14-20)36-16-19(15-33-36)27-25(26-28(30)31-17-32-29(26)35(27)2)18-9-11-23(12-10-18)38-22-7-5-4-6-8-22/h3-12,15-17,20-21H,1,13-14H2,2H3,(H,34,37)(H2,30,31,32)/t20-,21+. The average Bonchev–Trinajstić information content (AvgIpc) is 3.50. The number of carbonyl (C=O) groups is 1. The summed E-state index contributed by atoms with van der Waals surface area (Å²) in [5, 5.41) is 8.40. The van der Waals surface area contributed by atoms with Crippen molar-refractivity contribution in [2.45, 2.75) is 24.9 Å². The Labute approximate surface area is 219 Å². The first kappa shape index (κ1) is 23.5. The van der Waals surface area contributed by atoms with Crippen LogP contribution in [0.15, 0.2) is 86.0 Å². The lowest BCUT2D eigenvalue weighted by Gasteiger charge is -2.35. The molecule has 0 radical (unpaired) electrons. The van der Waals surface area contributed by atoms with Gasteiger partial charge in [0.2, 0.25) is 5.91 Å². The Morgan fingerprint density at radius 2 is 1.82 bits per heavy atom. The Morgan fingerprint density at radius 3 is 2.55 bits per heavy atom. The number of aromatic nitrogens is 5. The normalized spacial score (nSPS) is 16.7. The Balaban J connectivity index is 1.35. The summed E-state index contributed by atoms with van der Waals surface area (Å²) in [5.74, 6) is 1.79. The monoisotopic (exact) mass is 505 g/mol. The van der Waals surface area contributed by atoms with Crippen molar-refractivity contribution in [3.8, 4) is 33.9 Å². The van der Waals surface area contributed by atoms with E-state index in [2.05, 4.69) is 27.0 Å². The number of rotatable bonds is 7. The molecular weight excluding hydrogens is 478 g/mol. The molecule has 0 unspecified atom stereocenters. The minimum Gasteiger partial charge on any atom is -0.457 e. The summed E-state index contributed by atoms with van der Waals surface area (Å²) in [5.41, 5.74) is 10.9. The Kier molecular flexibility index (Phi) is 5.88. The predicted molar refractivity (Wildman–Crippen MR) is 146 cm³/mol. The second-order valence-corrected chi connectivity index (χ2v) is 9.42. The van der Waals surface area contributed by atoms with E-state index in [1.165, 1.54) is 12.4 Å². The molecule has 1 amide bonds. The van der Waals surface area contributed by atoms with E-state index in [0.717, 1.165) is 57.8 Å². The molecule has 1 fully saturated rings. The van der Waals surface area contributed by atoms with Gasteiger partial charge in [0.25, 0.3) is 0 Å². The first-order valence-corrected chi connectivity index (χ1v) is 12.4. The molecule has 0 atom stereocenters. The molecule has 0 saturated heterocycles. The fourth-order valence-electron chi connectivity index (χ4n) is 5.05. The minimum atomic E-state index is -0.145. The van der Waals surface area contributed by atoms with Gasteiger partial charge in [0.1, 0.15) is 29.3 Å². The van der Waals surface area contributed by atoms with Gasteiger partial charge in [0.05, 0.1) is 23.3 Å². The molecule has 3 aromatic heterocycles. The SMILES string of the molecule is C=CC(=O)N[C@H]1C[C@@H](n2cc(-c3c(-c4ccc(Oc5ccccc5)cc4)c4c(N)ncnc4n3C)cn2)C1. The highest BCUT2D eigenvalue weighted by Crippen LogP contribution is 2.42. The molecule has 1 saturated carbocycles. The molecule has 1 aliphatic rings. The first-order chi connectivity index (χ1) is 18.5. The lowest BCUT2D eigenvalue weighted by atomic mass is 9.87. The van der Waals surface area contributed by atoms with Crippen LogP contribution in [-0.2, 0) is 11.8 Å². The minimum absolute atomic E-state index is 0.137. The van der Waals surface area contributed by atoms with E-state index in [0.29, 0.717) is 5.82 Å². The van der Waals surface area contributed by atoms with E-state index < -0.39 is 0 Å². The molecule has 9 nitrogen and oxygen atoms in total. The van der Waals surface area contributed by atoms with Gasteiger partial charge in [-0.1, -0.05) is 36.9 Å². The number of hydrogen-bond acceptors (Lipinski definition) is 6. The number of nitrogens with one attached hydrogen (secondary N) is 1. The number of carbonyl (C=O) groups excluding carboxylic acids is 1. The van der Waals surface area contributed by atoms with Crippen LogP contribution in [0.4, 0.5) is 5.82 Å². The maximum atomic E-state index is 11.6. The molecule has 3 heterocycles. The Morgan fingerprint density at radius 1 is 1.08 bits per heavy atom. The van der Waals surface area contributed by atoms with Gasteiger partial charge in [-0.3, -0.25) is 9.48 Å². The lowest BCUT2D eigenvalue weighted by Crippen LogP contribution is -2.44. The van der Waals surface area contributed by atoms with Crippen LogP contribution < -0.4 is 15.8 Å². The van der Waals surface area contributed by atoms with Gasteiger partial charge in [0, 0.05) is 30.4 Å².